The highest BCUT2D eigenvalue weighted by molar-refractivity contribution is 6.05. The fourth-order valence-corrected chi connectivity index (χ4v) is 2.98. The van der Waals surface area contributed by atoms with E-state index in [4.69, 9.17) is 9.47 Å². The summed E-state index contributed by atoms with van der Waals surface area (Å²) < 4.78 is 10.7. The zero-order valence-corrected chi connectivity index (χ0v) is 16.9. The van der Waals surface area contributed by atoms with Gasteiger partial charge in [0.15, 0.2) is 11.5 Å². The van der Waals surface area contributed by atoms with E-state index in [-0.39, 0.29) is 18.9 Å². The molecule has 0 fully saturated rings. The third-order valence-electron chi connectivity index (χ3n) is 4.58. The van der Waals surface area contributed by atoms with Crippen LogP contribution in [0.4, 0.5) is 0 Å². The Labute approximate surface area is 179 Å². The molecule has 2 aromatic rings. The second-order valence-corrected chi connectivity index (χ2v) is 6.93. The minimum Gasteiger partial charge on any atom is -0.550 e. The summed E-state index contributed by atoms with van der Waals surface area (Å²) in [7, 11) is 0. The van der Waals surface area contributed by atoms with Crippen molar-refractivity contribution < 1.29 is 29.0 Å². The van der Waals surface area contributed by atoms with Gasteiger partial charge in [-0.15, -0.1) is 0 Å². The summed E-state index contributed by atoms with van der Waals surface area (Å²) in [5.41, 5.74) is 1.17. The molecule has 1 heterocycles. The maximum Gasteiger partial charge on any atom is 0.267 e. The number of carboxylic acid groups (broad SMARTS) is 1. The van der Waals surface area contributed by atoms with Gasteiger partial charge in [-0.05, 0) is 55.2 Å². The zero-order valence-electron chi connectivity index (χ0n) is 16.9. The first-order valence-electron chi connectivity index (χ1n) is 9.99. The van der Waals surface area contributed by atoms with E-state index in [0.29, 0.717) is 48.4 Å². The molecule has 1 aliphatic heterocycles. The van der Waals surface area contributed by atoms with Crippen LogP contribution in [0.3, 0.4) is 0 Å². The minimum atomic E-state index is -1.08. The van der Waals surface area contributed by atoms with Crippen LogP contribution in [-0.4, -0.2) is 31.1 Å². The molecule has 31 heavy (non-hydrogen) atoms. The van der Waals surface area contributed by atoms with Crippen molar-refractivity contribution in [3.63, 3.8) is 0 Å². The molecule has 1 aliphatic rings. The van der Waals surface area contributed by atoms with E-state index < -0.39 is 17.8 Å². The summed E-state index contributed by atoms with van der Waals surface area (Å²) in [5, 5.41) is 15.9. The van der Waals surface area contributed by atoms with Crippen LogP contribution in [0.2, 0.25) is 0 Å². The molecule has 0 aromatic heterocycles. The maximum atomic E-state index is 12.7. The highest BCUT2D eigenvalue weighted by Crippen LogP contribution is 2.33. The van der Waals surface area contributed by atoms with Gasteiger partial charge in [0.25, 0.3) is 11.8 Å². The average Bonchev–Trinajstić information content (AvgIpc) is 3.23. The zero-order chi connectivity index (χ0) is 22.1. The predicted octanol–water partition coefficient (Wildman–Crippen LogP) is 1.61. The van der Waals surface area contributed by atoms with E-state index >= 15 is 0 Å². The van der Waals surface area contributed by atoms with E-state index in [1.165, 1.54) is 0 Å². The van der Waals surface area contributed by atoms with Gasteiger partial charge in [0.1, 0.15) is 5.70 Å². The summed E-state index contributed by atoms with van der Waals surface area (Å²) in [6.07, 6.45) is 3.31. The molecule has 0 spiro atoms. The van der Waals surface area contributed by atoms with E-state index in [1.54, 1.807) is 54.6 Å². The molecular weight excluding hydrogens is 400 g/mol. The van der Waals surface area contributed by atoms with Crippen LogP contribution in [0.25, 0.3) is 6.08 Å². The third kappa shape index (κ3) is 6.60. The summed E-state index contributed by atoms with van der Waals surface area (Å²) in [6, 6.07) is 13.8. The number of fused-ring (bicyclic) bond motifs is 1. The number of unbranched alkanes of at least 4 members (excludes halogenated alkanes) is 2. The van der Waals surface area contributed by atoms with Gasteiger partial charge >= 0.3 is 0 Å². The van der Waals surface area contributed by atoms with Gasteiger partial charge in [0, 0.05) is 18.1 Å². The van der Waals surface area contributed by atoms with Gasteiger partial charge in [-0.3, -0.25) is 9.59 Å². The Morgan fingerprint density at radius 2 is 1.74 bits per heavy atom. The highest BCUT2D eigenvalue weighted by atomic mass is 16.7. The minimum absolute atomic E-state index is 0.00362. The van der Waals surface area contributed by atoms with Crippen LogP contribution >= 0.6 is 0 Å². The summed E-state index contributed by atoms with van der Waals surface area (Å²) in [5.74, 6) is -0.746. The number of hydrogen-bond donors (Lipinski definition) is 2. The van der Waals surface area contributed by atoms with Crippen molar-refractivity contribution >= 4 is 23.9 Å². The number of carbonyl (C=O) groups excluding carboxylic acids is 3. The van der Waals surface area contributed by atoms with Gasteiger partial charge in [-0.1, -0.05) is 30.7 Å². The molecule has 0 saturated carbocycles. The summed E-state index contributed by atoms with van der Waals surface area (Å²) >= 11 is 0. The monoisotopic (exact) mass is 423 g/mol. The molecule has 0 unspecified atom stereocenters. The second-order valence-electron chi connectivity index (χ2n) is 6.93. The quantitative estimate of drug-likeness (QED) is 0.443. The Kier molecular flexibility index (Phi) is 7.64. The summed E-state index contributed by atoms with van der Waals surface area (Å²) in [4.78, 5) is 35.8. The Hall–Kier alpha value is -3.81. The van der Waals surface area contributed by atoms with Gasteiger partial charge in [-0.25, -0.2) is 0 Å². The first kappa shape index (κ1) is 21.9. The molecule has 2 N–H and O–H groups in total. The lowest BCUT2D eigenvalue weighted by atomic mass is 10.1. The van der Waals surface area contributed by atoms with Gasteiger partial charge in [0.2, 0.25) is 6.79 Å². The van der Waals surface area contributed by atoms with E-state index in [9.17, 15) is 19.5 Å². The Balaban J connectivity index is 1.68. The fourth-order valence-electron chi connectivity index (χ4n) is 2.98. The molecule has 0 atom stereocenters. The van der Waals surface area contributed by atoms with Crippen molar-refractivity contribution in [2.45, 2.75) is 25.7 Å². The summed E-state index contributed by atoms with van der Waals surface area (Å²) in [6.45, 7) is 0.490. The van der Waals surface area contributed by atoms with Crippen LogP contribution in [0.5, 0.6) is 11.5 Å². The molecule has 0 saturated heterocycles. The van der Waals surface area contributed by atoms with Crippen molar-refractivity contribution in [1.82, 2.24) is 10.6 Å². The van der Waals surface area contributed by atoms with Crippen LogP contribution in [-0.2, 0) is 9.59 Å². The topological polar surface area (TPSA) is 117 Å². The Morgan fingerprint density at radius 3 is 2.52 bits per heavy atom. The number of ether oxygens (including phenoxy) is 2. The van der Waals surface area contributed by atoms with Crippen molar-refractivity contribution in [1.29, 1.82) is 0 Å². The lowest BCUT2D eigenvalue weighted by Gasteiger charge is -2.11. The number of carbonyl (C=O) groups is 3. The van der Waals surface area contributed by atoms with Gasteiger partial charge in [-0.2, -0.15) is 0 Å². The number of aliphatic carboxylic acids is 1. The highest BCUT2D eigenvalue weighted by Gasteiger charge is 2.16. The molecule has 0 bridgehead atoms. The lowest BCUT2D eigenvalue weighted by Crippen LogP contribution is -2.35. The molecule has 8 nitrogen and oxygen atoms in total. The average molecular weight is 423 g/mol. The smallest absolute Gasteiger partial charge is 0.267 e. The van der Waals surface area contributed by atoms with Crippen LogP contribution in [0.1, 0.15) is 41.6 Å². The van der Waals surface area contributed by atoms with Gasteiger partial charge < -0.3 is 30.0 Å². The molecule has 2 aromatic carbocycles. The first-order valence-corrected chi connectivity index (χ1v) is 9.99. The molecule has 3 rings (SSSR count). The van der Waals surface area contributed by atoms with E-state index in [0.717, 1.165) is 0 Å². The van der Waals surface area contributed by atoms with Crippen molar-refractivity contribution in [3.8, 4) is 11.5 Å². The molecule has 0 radical (unpaired) electrons. The fraction of sp³-hybridized carbons (Fsp3) is 0.261. The molecule has 2 amide bonds. The molecule has 8 heteroatoms. The lowest BCUT2D eigenvalue weighted by molar-refractivity contribution is -0.305. The Bertz CT molecular complexity index is 971. The predicted molar refractivity (Wildman–Crippen MR) is 111 cm³/mol. The SMILES string of the molecule is O=C([O-])CCCCCNC(=O)/C(=C\c1ccc2c(c1)OCO2)NC(=O)c1ccccc1. The second kappa shape index (κ2) is 10.8. The van der Waals surface area contributed by atoms with Crippen molar-refractivity contribution in [3.05, 3.63) is 65.4 Å². The van der Waals surface area contributed by atoms with E-state index in [1.807, 2.05) is 0 Å². The maximum absolute atomic E-state index is 12.7. The van der Waals surface area contributed by atoms with Gasteiger partial charge in [0.05, 0.1) is 0 Å². The number of amides is 2. The Morgan fingerprint density at radius 1 is 0.968 bits per heavy atom. The van der Waals surface area contributed by atoms with Crippen molar-refractivity contribution in [2.75, 3.05) is 13.3 Å². The number of rotatable bonds is 10. The number of nitrogens with one attached hydrogen (secondary N) is 2. The standard InChI is InChI=1S/C23H24N2O6/c26-21(27)9-5-2-6-12-24-23(29)18(25-22(28)17-7-3-1-4-8-17)13-16-10-11-19-20(14-16)31-15-30-19/h1,3-4,7-8,10-11,13-14H,2,5-6,9,12,15H2,(H,24,29)(H,25,28)(H,26,27)/p-1/b18-13+. The number of benzene rings is 2. The number of hydrogen-bond acceptors (Lipinski definition) is 6. The van der Waals surface area contributed by atoms with Crippen molar-refractivity contribution in [2.24, 2.45) is 0 Å². The number of carboxylic acids is 1. The van der Waals surface area contributed by atoms with Crippen LogP contribution in [0, 0.1) is 0 Å². The molecular formula is C23H23N2O6-. The van der Waals surface area contributed by atoms with E-state index in [2.05, 4.69) is 10.6 Å². The largest absolute Gasteiger partial charge is 0.550 e. The van der Waals surface area contributed by atoms with Crippen LogP contribution in [0.15, 0.2) is 54.2 Å². The first-order chi connectivity index (χ1) is 15.0. The molecule has 0 aliphatic carbocycles. The third-order valence-corrected chi connectivity index (χ3v) is 4.58. The normalized spacial score (nSPS) is 12.3. The van der Waals surface area contributed by atoms with Crippen LogP contribution < -0.4 is 25.2 Å². The molecule has 162 valence electrons.